The second-order valence-electron chi connectivity index (χ2n) is 8.22. The second-order valence-corrected chi connectivity index (χ2v) is 8.22. The molecule has 1 saturated carbocycles. The SMILES string of the molecule is Nc1ccc2ccc(CC[C@@]3(F)C[C@@H](n4ccc5c(N)ncnc54)[C@H](O)[C@@H]3O)cc2n1. The van der Waals surface area contributed by atoms with Gasteiger partial charge in [0, 0.05) is 18.0 Å². The highest BCUT2D eigenvalue weighted by Gasteiger charge is 2.54. The van der Waals surface area contributed by atoms with Gasteiger partial charge in [-0.25, -0.2) is 19.3 Å². The fourth-order valence-electron chi connectivity index (χ4n) is 4.56. The summed E-state index contributed by atoms with van der Waals surface area (Å²) in [5.74, 6) is 0.737. The van der Waals surface area contributed by atoms with Crippen LogP contribution in [0.25, 0.3) is 21.9 Å². The van der Waals surface area contributed by atoms with Crippen LogP contribution in [-0.2, 0) is 6.42 Å². The van der Waals surface area contributed by atoms with Gasteiger partial charge in [0.1, 0.15) is 41.5 Å². The number of anilines is 2. The maximum atomic E-state index is 15.8. The molecule has 0 spiro atoms. The van der Waals surface area contributed by atoms with Crippen LogP contribution in [0.5, 0.6) is 0 Å². The molecule has 0 saturated heterocycles. The van der Waals surface area contributed by atoms with Gasteiger partial charge < -0.3 is 26.2 Å². The van der Waals surface area contributed by atoms with E-state index in [0.29, 0.717) is 29.1 Å². The number of halogens is 1. The topological polar surface area (TPSA) is 136 Å². The van der Waals surface area contributed by atoms with Gasteiger partial charge >= 0.3 is 0 Å². The average molecular weight is 422 g/mol. The number of nitrogens with zero attached hydrogens (tertiary/aromatic N) is 4. The predicted octanol–water partition coefficient (Wildman–Crippen LogP) is 2.15. The van der Waals surface area contributed by atoms with E-state index in [4.69, 9.17) is 11.5 Å². The number of aliphatic hydroxyl groups is 2. The number of aliphatic hydroxyl groups excluding tert-OH is 2. The van der Waals surface area contributed by atoms with Gasteiger partial charge in [-0.2, -0.15) is 0 Å². The summed E-state index contributed by atoms with van der Waals surface area (Å²) in [5.41, 5.74) is 11.8. The molecule has 0 bridgehead atoms. The van der Waals surface area contributed by atoms with E-state index in [1.165, 1.54) is 6.33 Å². The van der Waals surface area contributed by atoms with Crippen molar-refractivity contribution in [1.29, 1.82) is 0 Å². The lowest BCUT2D eigenvalue weighted by Crippen LogP contribution is -2.39. The molecule has 6 N–H and O–H groups in total. The van der Waals surface area contributed by atoms with E-state index in [9.17, 15) is 10.2 Å². The minimum Gasteiger partial charge on any atom is -0.388 e. The van der Waals surface area contributed by atoms with Gasteiger partial charge in [0.2, 0.25) is 0 Å². The van der Waals surface area contributed by atoms with Crippen LogP contribution >= 0.6 is 0 Å². The van der Waals surface area contributed by atoms with Crippen molar-refractivity contribution < 1.29 is 14.6 Å². The first-order valence-corrected chi connectivity index (χ1v) is 10.1. The Kier molecular flexibility index (Phi) is 4.53. The third-order valence-electron chi connectivity index (χ3n) is 6.30. The van der Waals surface area contributed by atoms with E-state index < -0.39 is 23.9 Å². The lowest BCUT2D eigenvalue weighted by atomic mass is 9.92. The molecule has 1 fully saturated rings. The summed E-state index contributed by atoms with van der Waals surface area (Å²) in [5, 5.41) is 22.8. The van der Waals surface area contributed by atoms with Crippen LogP contribution < -0.4 is 11.5 Å². The average Bonchev–Trinajstić information content (AvgIpc) is 3.28. The maximum Gasteiger partial charge on any atom is 0.145 e. The van der Waals surface area contributed by atoms with Crippen molar-refractivity contribution in [2.24, 2.45) is 0 Å². The van der Waals surface area contributed by atoms with Crippen LogP contribution in [0.15, 0.2) is 48.9 Å². The smallest absolute Gasteiger partial charge is 0.145 e. The minimum atomic E-state index is -1.95. The molecule has 0 unspecified atom stereocenters. The Labute approximate surface area is 177 Å². The number of hydrogen-bond donors (Lipinski definition) is 4. The quantitative estimate of drug-likeness (QED) is 0.396. The number of aryl methyl sites for hydroxylation is 1. The summed E-state index contributed by atoms with van der Waals surface area (Å²) in [4.78, 5) is 12.5. The first-order valence-electron chi connectivity index (χ1n) is 10.1. The fraction of sp³-hybridized carbons (Fsp3) is 0.318. The Hall–Kier alpha value is -3.30. The zero-order valence-corrected chi connectivity index (χ0v) is 16.7. The summed E-state index contributed by atoms with van der Waals surface area (Å²) in [6, 6.07) is 10.4. The van der Waals surface area contributed by atoms with Crippen LogP contribution in [-0.4, -0.2) is 47.6 Å². The van der Waals surface area contributed by atoms with E-state index in [2.05, 4.69) is 15.0 Å². The highest BCUT2D eigenvalue weighted by Crippen LogP contribution is 2.45. The Morgan fingerprint density at radius 1 is 1.13 bits per heavy atom. The minimum absolute atomic E-state index is 0.0399. The van der Waals surface area contributed by atoms with Crippen molar-refractivity contribution >= 4 is 33.6 Å². The molecule has 4 aromatic rings. The first kappa shape index (κ1) is 19.7. The Morgan fingerprint density at radius 3 is 2.77 bits per heavy atom. The number of rotatable bonds is 4. The zero-order chi connectivity index (χ0) is 21.8. The summed E-state index contributed by atoms with van der Waals surface area (Å²) >= 11 is 0. The van der Waals surface area contributed by atoms with Gasteiger partial charge in [-0.3, -0.25) is 0 Å². The van der Waals surface area contributed by atoms with Crippen LogP contribution in [0.1, 0.15) is 24.4 Å². The van der Waals surface area contributed by atoms with Crippen LogP contribution in [0.2, 0.25) is 0 Å². The third-order valence-corrected chi connectivity index (χ3v) is 6.30. The molecule has 3 heterocycles. The fourth-order valence-corrected chi connectivity index (χ4v) is 4.56. The molecule has 1 aromatic carbocycles. The molecule has 9 heteroatoms. The van der Waals surface area contributed by atoms with Crippen molar-refractivity contribution in [3.63, 3.8) is 0 Å². The molecule has 1 aliphatic carbocycles. The molecule has 160 valence electrons. The van der Waals surface area contributed by atoms with Crippen molar-refractivity contribution in [3.8, 4) is 0 Å². The molecule has 4 atom stereocenters. The van der Waals surface area contributed by atoms with E-state index in [0.717, 1.165) is 16.5 Å². The van der Waals surface area contributed by atoms with Gasteiger partial charge in [0.25, 0.3) is 0 Å². The number of hydrogen-bond acceptors (Lipinski definition) is 7. The van der Waals surface area contributed by atoms with Gasteiger partial charge in [-0.05, 0) is 42.7 Å². The number of nitrogens with two attached hydrogens (primary N) is 2. The molecule has 3 aromatic heterocycles. The molecule has 8 nitrogen and oxygen atoms in total. The Bertz CT molecular complexity index is 1280. The normalized spacial score (nSPS) is 26.1. The van der Waals surface area contributed by atoms with E-state index in [1.54, 1.807) is 22.9 Å². The second kappa shape index (κ2) is 7.14. The molecule has 31 heavy (non-hydrogen) atoms. The summed E-state index contributed by atoms with van der Waals surface area (Å²) in [6.45, 7) is 0. The van der Waals surface area contributed by atoms with E-state index in [-0.39, 0.29) is 12.8 Å². The zero-order valence-electron chi connectivity index (χ0n) is 16.7. The Morgan fingerprint density at radius 2 is 1.94 bits per heavy atom. The summed E-state index contributed by atoms with van der Waals surface area (Å²) in [6.07, 6.45) is 0.656. The van der Waals surface area contributed by atoms with E-state index >= 15 is 4.39 Å². The number of alkyl halides is 1. The predicted molar refractivity (Wildman–Crippen MR) is 116 cm³/mol. The van der Waals surface area contributed by atoms with Crippen LogP contribution in [0.4, 0.5) is 16.0 Å². The van der Waals surface area contributed by atoms with Gasteiger partial charge in [0.15, 0.2) is 0 Å². The highest BCUT2D eigenvalue weighted by atomic mass is 19.1. The number of benzene rings is 1. The van der Waals surface area contributed by atoms with Crippen LogP contribution in [0.3, 0.4) is 0 Å². The number of nitrogen functional groups attached to an aromatic ring is 2. The highest BCUT2D eigenvalue weighted by molar-refractivity contribution is 5.86. The van der Waals surface area contributed by atoms with Gasteiger partial charge in [0.05, 0.1) is 16.9 Å². The number of fused-ring (bicyclic) bond motifs is 2. The summed E-state index contributed by atoms with van der Waals surface area (Å²) < 4.78 is 17.5. The van der Waals surface area contributed by atoms with Crippen molar-refractivity contribution in [1.82, 2.24) is 19.5 Å². The number of pyridine rings is 1. The molecular weight excluding hydrogens is 399 g/mol. The first-order chi connectivity index (χ1) is 14.9. The monoisotopic (exact) mass is 422 g/mol. The maximum absolute atomic E-state index is 15.8. The molecule has 5 rings (SSSR count). The summed E-state index contributed by atoms with van der Waals surface area (Å²) in [7, 11) is 0. The Balaban J connectivity index is 1.39. The van der Waals surface area contributed by atoms with Crippen molar-refractivity contribution in [3.05, 3.63) is 54.5 Å². The molecule has 1 aliphatic rings. The lowest BCUT2D eigenvalue weighted by molar-refractivity contribution is -0.0465. The van der Waals surface area contributed by atoms with Gasteiger partial charge in [-0.15, -0.1) is 0 Å². The molecule has 0 aliphatic heterocycles. The molecule has 0 amide bonds. The van der Waals surface area contributed by atoms with Crippen LogP contribution in [0, 0.1) is 0 Å². The standard InChI is InChI=1S/C22H23FN6O2/c23-22(7-5-12-1-2-13-3-4-17(24)28-15(13)9-12)10-16(18(30)19(22)31)29-8-6-14-20(25)26-11-27-21(14)29/h1-4,6,8-9,11,16,18-19,30-31H,5,7,10H2,(H2,24,28)(H2,25,26,27)/t16-,18+,19+,22-/m1/s1. The third kappa shape index (κ3) is 3.26. The molecule has 0 radical (unpaired) electrons. The van der Waals surface area contributed by atoms with Gasteiger partial charge in [-0.1, -0.05) is 12.1 Å². The largest absolute Gasteiger partial charge is 0.388 e. The molecular formula is C22H23FN6O2. The van der Waals surface area contributed by atoms with Crippen molar-refractivity contribution in [2.45, 2.75) is 43.2 Å². The van der Waals surface area contributed by atoms with Crippen molar-refractivity contribution in [2.75, 3.05) is 11.5 Å². The lowest BCUT2D eigenvalue weighted by Gasteiger charge is -2.24. The number of aromatic nitrogens is 4. The van der Waals surface area contributed by atoms with E-state index in [1.807, 2.05) is 24.3 Å².